The summed E-state index contributed by atoms with van der Waals surface area (Å²) in [4.78, 5) is 17.1. The number of carbonyl (C=O) groups is 1. The predicted octanol–water partition coefficient (Wildman–Crippen LogP) is 5.51. The molecule has 0 bridgehead atoms. The van der Waals surface area contributed by atoms with Crippen molar-refractivity contribution in [2.45, 2.75) is 37.3 Å². The average molecular weight is 448 g/mol. The van der Waals surface area contributed by atoms with Gasteiger partial charge in [-0.25, -0.2) is 0 Å². The summed E-state index contributed by atoms with van der Waals surface area (Å²) in [5.74, 6) is 0.849. The maximum atomic E-state index is 13.7. The summed E-state index contributed by atoms with van der Waals surface area (Å²) in [6.45, 7) is 11.2. The van der Waals surface area contributed by atoms with E-state index in [0.717, 1.165) is 28.0 Å². The Hall–Kier alpha value is -1.30. The normalized spacial score (nSPS) is 19.1. The maximum absolute atomic E-state index is 13.7. The molecule has 0 radical (unpaired) electrons. The molecule has 144 valence electrons. The number of thioether (sulfide) groups is 1. The number of Topliss-reactive ketones (excluding diaryl/α,β-unsaturated/α-hetero) is 1. The summed E-state index contributed by atoms with van der Waals surface area (Å²) < 4.78 is 6.43. The lowest BCUT2D eigenvalue weighted by molar-refractivity contribution is 0.0825. The topological polar surface area (TPSA) is 29.5 Å². The van der Waals surface area contributed by atoms with E-state index in [2.05, 4.69) is 65.9 Å². The minimum Gasteiger partial charge on any atom is -0.491 e. The van der Waals surface area contributed by atoms with E-state index < -0.39 is 4.75 Å². The molecule has 1 aliphatic heterocycles. The van der Waals surface area contributed by atoms with Gasteiger partial charge in [0.1, 0.15) is 17.1 Å². The van der Waals surface area contributed by atoms with Crippen LogP contribution in [0, 0.1) is 13.8 Å². The third kappa shape index (κ3) is 4.25. The van der Waals surface area contributed by atoms with Gasteiger partial charge in [0, 0.05) is 15.9 Å². The molecule has 0 aliphatic carbocycles. The number of halogens is 1. The van der Waals surface area contributed by atoms with Gasteiger partial charge >= 0.3 is 0 Å². The summed E-state index contributed by atoms with van der Waals surface area (Å²) in [6.07, 6.45) is 0. The summed E-state index contributed by atoms with van der Waals surface area (Å²) >= 11 is 5.20. The van der Waals surface area contributed by atoms with Crippen molar-refractivity contribution in [1.29, 1.82) is 0 Å². The van der Waals surface area contributed by atoms with Gasteiger partial charge in [-0.3, -0.25) is 4.79 Å². The second-order valence-electron chi connectivity index (χ2n) is 7.09. The van der Waals surface area contributed by atoms with Crippen molar-refractivity contribution in [3.05, 3.63) is 57.6 Å². The lowest BCUT2D eigenvalue weighted by Gasteiger charge is -2.39. The van der Waals surface area contributed by atoms with Crippen molar-refractivity contribution < 1.29 is 9.53 Å². The molecule has 3 nitrogen and oxygen atoms in total. The Bertz CT molecular complexity index is 833. The quantitative estimate of drug-likeness (QED) is 0.583. The molecular weight excluding hydrogens is 422 g/mol. The number of benzene rings is 2. The number of hydrogen-bond acceptors (Lipinski definition) is 4. The van der Waals surface area contributed by atoms with Gasteiger partial charge in [-0.1, -0.05) is 47.5 Å². The minimum atomic E-state index is -0.650. The highest BCUT2D eigenvalue weighted by Gasteiger charge is 2.46. The number of aryl methyl sites for hydroxylation is 2. The van der Waals surface area contributed by atoms with Crippen LogP contribution >= 0.6 is 27.7 Å². The first-order valence-corrected chi connectivity index (χ1v) is 10.9. The van der Waals surface area contributed by atoms with E-state index in [0.29, 0.717) is 24.5 Å². The van der Waals surface area contributed by atoms with Crippen LogP contribution in [-0.2, 0) is 0 Å². The van der Waals surface area contributed by atoms with E-state index in [1.807, 2.05) is 19.1 Å². The standard InChI is InChI=1S/C22H26BrNO2S/c1-5-24(6-2)13-22(27-17-9-7-15(3)8-10-17)14-26-20-11-16(4)19(23)12-18(20)21(22)25/h7-12H,5-6,13-14H2,1-4H3/t22-/m1/s1. The number of nitrogens with zero attached hydrogens (tertiary/aromatic N) is 1. The first-order valence-electron chi connectivity index (χ1n) is 9.34. The average Bonchev–Trinajstić information content (AvgIpc) is 2.66. The van der Waals surface area contributed by atoms with Crippen molar-refractivity contribution in [2.24, 2.45) is 0 Å². The van der Waals surface area contributed by atoms with Crippen LogP contribution in [0.3, 0.4) is 0 Å². The highest BCUT2D eigenvalue weighted by Crippen LogP contribution is 2.43. The van der Waals surface area contributed by atoms with E-state index in [1.54, 1.807) is 11.8 Å². The van der Waals surface area contributed by atoms with Crippen molar-refractivity contribution in [3.8, 4) is 5.75 Å². The fourth-order valence-corrected chi connectivity index (χ4v) is 4.96. The molecule has 3 rings (SSSR count). The molecule has 2 aromatic carbocycles. The molecule has 0 fully saturated rings. The summed E-state index contributed by atoms with van der Waals surface area (Å²) in [6, 6.07) is 12.2. The van der Waals surface area contributed by atoms with Gasteiger partial charge in [0.05, 0.1) is 5.56 Å². The van der Waals surface area contributed by atoms with Crippen LogP contribution in [0.5, 0.6) is 5.75 Å². The molecule has 1 aliphatic rings. The summed E-state index contributed by atoms with van der Waals surface area (Å²) in [5.41, 5.74) is 2.96. The van der Waals surface area contributed by atoms with Crippen LogP contribution in [0.2, 0.25) is 0 Å². The number of carbonyl (C=O) groups excluding carboxylic acids is 1. The largest absolute Gasteiger partial charge is 0.491 e. The highest BCUT2D eigenvalue weighted by atomic mass is 79.9. The number of ketones is 1. The Balaban J connectivity index is 2.02. The smallest absolute Gasteiger partial charge is 0.187 e. The van der Waals surface area contributed by atoms with Gasteiger partial charge in [-0.2, -0.15) is 0 Å². The van der Waals surface area contributed by atoms with E-state index >= 15 is 0 Å². The van der Waals surface area contributed by atoms with Crippen LogP contribution in [0.25, 0.3) is 0 Å². The molecule has 0 aromatic heterocycles. The first kappa shape index (κ1) is 20.4. The van der Waals surface area contributed by atoms with Crippen molar-refractivity contribution in [2.75, 3.05) is 26.2 Å². The SMILES string of the molecule is CCN(CC)C[C@@]1(Sc2ccc(C)cc2)COc2cc(C)c(Br)cc2C1=O. The molecule has 0 unspecified atom stereocenters. The fraction of sp³-hybridized carbons (Fsp3) is 0.409. The number of rotatable bonds is 6. The predicted molar refractivity (Wildman–Crippen MR) is 116 cm³/mol. The summed E-state index contributed by atoms with van der Waals surface area (Å²) in [5, 5.41) is 0. The van der Waals surface area contributed by atoms with E-state index in [-0.39, 0.29) is 5.78 Å². The maximum Gasteiger partial charge on any atom is 0.187 e. The molecular formula is C22H26BrNO2S. The Morgan fingerprint density at radius 2 is 1.81 bits per heavy atom. The van der Waals surface area contributed by atoms with Crippen molar-refractivity contribution >= 4 is 33.5 Å². The third-order valence-corrected chi connectivity index (χ3v) is 7.27. The van der Waals surface area contributed by atoms with Gasteiger partial charge in [-0.15, -0.1) is 11.8 Å². The Morgan fingerprint density at radius 3 is 2.44 bits per heavy atom. The van der Waals surface area contributed by atoms with Crippen LogP contribution in [0.4, 0.5) is 0 Å². The van der Waals surface area contributed by atoms with Gasteiger partial charge in [0.15, 0.2) is 5.78 Å². The number of hydrogen-bond donors (Lipinski definition) is 0. The number of ether oxygens (including phenoxy) is 1. The Kier molecular flexibility index (Phi) is 6.34. The van der Waals surface area contributed by atoms with Crippen LogP contribution in [0.15, 0.2) is 45.8 Å². The lowest BCUT2D eigenvalue weighted by atomic mass is 9.92. The minimum absolute atomic E-state index is 0.155. The molecule has 1 atom stereocenters. The molecule has 0 saturated heterocycles. The molecule has 0 amide bonds. The molecule has 2 aromatic rings. The zero-order valence-electron chi connectivity index (χ0n) is 16.3. The highest BCUT2D eigenvalue weighted by molar-refractivity contribution is 9.10. The molecule has 0 N–H and O–H groups in total. The van der Waals surface area contributed by atoms with E-state index in [1.165, 1.54) is 5.56 Å². The lowest BCUT2D eigenvalue weighted by Crippen LogP contribution is -2.52. The van der Waals surface area contributed by atoms with E-state index in [4.69, 9.17) is 4.74 Å². The molecule has 1 heterocycles. The summed E-state index contributed by atoms with van der Waals surface area (Å²) in [7, 11) is 0. The molecule has 5 heteroatoms. The van der Waals surface area contributed by atoms with Gasteiger partial charge in [0.2, 0.25) is 0 Å². The third-order valence-electron chi connectivity index (χ3n) is 5.09. The van der Waals surface area contributed by atoms with Gasteiger partial charge < -0.3 is 9.64 Å². The molecule has 0 spiro atoms. The first-order chi connectivity index (χ1) is 12.9. The Labute approximate surface area is 174 Å². The van der Waals surface area contributed by atoms with Crippen LogP contribution < -0.4 is 4.74 Å². The van der Waals surface area contributed by atoms with Crippen molar-refractivity contribution in [1.82, 2.24) is 4.90 Å². The Morgan fingerprint density at radius 1 is 1.15 bits per heavy atom. The molecule has 27 heavy (non-hydrogen) atoms. The van der Waals surface area contributed by atoms with Gasteiger partial charge in [0.25, 0.3) is 0 Å². The molecule has 0 saturated carbocycles. The van der Waals surface area contributed by atoms with Crippen LogP contribution in [-0.4, -0.2) is 41.7 Å². The number of fused-ring (bicyclic) bond motifs is 1. The van der Waals surface area contributed by atoms with Gasteiger partial charge in [-0.05, 0) is 56.8 Å². The van der Waals surface area contributed by atoms with Crippen LogP contribution in [0.1, 0.15) is 35.3 Å². The van der Waals surface area contributed by atoms with Crippen molar-refractivity contribution in [3.63, 3.8) is 0 Å². The zero-order chi connectivity index (χ0) is 19.6. The second kappa shape index (κ2) is 8.38. The second-order valence-corrected chi connectivity index (χ2v) is 9.40. The zero-order valence-corrected chi connectivity index (χ0v) is 18.7. The fourth-order valence-electron chi connectivity index (χ4n) is 3.32. The monoisotopic (exact) mass is 447 g/mol. The van der Waals surface area contributed by atoms with E-state index in [9.17, 15) is 4.79 Å².